The minimum atomic E-state index is -0.449. The number of rotatable bonds is 11. The van der Waals surface area contributed by atoms with E-state index >= 15 is 0 Å². The van der Waals surface area contributed by atoms with E-state index in [2.05, 4.69) is 98.2 Å². The Hall–Kier alpha value is -2.20. The zero-order valence-corrected chi connectivity index (χ0v) is 34.3. The van der Waals surface area contributed by atoms with Crippen molar-refractivity contribution in [1.29, 1.82) is 0 Å². The fourth-order valence-electron chi connectivity index (χ4n) is 13.8. The number of ether oxygens (including phenoxy) is 1. The molecule has 0 aromatic heterocycles. The Morgan fingerprint density at radius 2 is 1.55 bits per heavy atom. The van der Waals surface area contributed by atoms with Gasteiger partial charge in [0.15, 0.2) is 5.78 Å². The number of Topliss-reactive ketones (excluding diaryl/α,β-unsaturated/α-hetero) is 1. The van der Waals surface area contributed by atoms with Crippen LogP contribution >= 0.6 is 0 Å². The number of allylic oxidation sites excluding steroid dienone is 3. The van der Waals surface area contributed by atoms with Gasteiger partial charge in [-0.05, 0) is 129 Å². The number of ketones is 1. The maximum absolute atomic E-state index is 14.1. The lowest BCUT2D eigenvalue weighted by Crippen LogP contribution is -2.64. The van der Waals surface area contributed by atoms with Crippen molar-refractivity contribution >= 4 is 12.1 Å². The van der Waals surface area contributed by atoms with Crippen molar-refractivity contribution in [3.8, 4) is 0 Å². The molecule has 0 saturated heterocycles. The summed E-state index contributed by atoms with van der Waals surface area (Å²) in [4.78, 5) is 28.3. The first-order chi connectivity index (χ1) is 23.7. The van der Waals surface area contributed by atoms with Crippen molar-refractivity contribution in [1.82, 2.24) is 4.90 Å². The quantitative estimate of drug-likeness (QED) is 0.171. The third kappa shape index (κ3) is 6.44. The Bertz CT molecular complexity index is 1550. The molecular formula is C47H71NO3. The minimum Gasteiger partial charge on any atom is -0.495 e. The molecule has 5 aliphatic rings. The molecule has 282 valence electrons. The van der Waals surface area contributed by atoms with E-state index in [0.29, 0.717) is 30.0 Å². The monoisotopic (exact) mass is 698 g/mol. The van der Waals surface area contributed by atoms with Gasteiger partial charge in [0.25, 0.3) is 0 Å². The summed E-state index contributed by atoms with van der Waals surface area (Å²) in [5.74, 6) is 3.35. The van der Waals surface area contributed by atoms with Crippen LogP contribution in [0.1, 0.15) is 144 Å². The Balaban J connectivity index is 1.25. The molecule has 0 amide bonds. The van der Waals surface area contributed by atoms with Crippen LogP contribution in [0.3, 0.4) is 0 Å². The number of benzene rings is 1. The Labute approximate surface area is 311 Å². The van der Waals surface area contributed by atoms with Gasteiger partial charge in [0.05, 0.1) is 5.76 Å². The highest BCUT2D eigenvalue weighted by Gasteiger charge is 2.69. The van der Waals surface area contributed by atoms with Gasteiger partial charge in [0, 0.05) is 35.6 Å². The molecule has 5 aliphatic carbocycles. The summed E-state index contributed by atoms with van der Waals surface area (Å²) in [7, 11) is 2.27. The summed E-state index contributed by atoms with van der Waals surface area (Å²) in [5, 5.41) is 0. The van der Waals surface area contributed by atoms with Crippen LogP contribution in [-0.2, 0) is 20.9 Å². The Morgan fingerprint density at radius 3 is 2.20 bits per heavy atom. The lowest BCUT2D eigenvalue weighted by molar-refractivity contribution is -0.217. The summed E-state index contributed by atoms with van der Waals surface area (Å²) < 4.78 is 6.69. The van der Waals surface area contributed by atoms with Gasteiger partial charge in [-0.15, -0.1) is 0 Å². The number of carbonyl (C=O) groups is 2. The maximum atomic E-state index is 14.1. The summed E-state index contributed by atoms with van der Waals surface area (Å²) in [6.45, 7) is 29.8. The van der Waals surface area contributed by atoms with E-state index in [1.807, 2.05) is 13.8 Å². The second-order valence-electron chi connectivity index (χ2n) is 20.8. The van der Waals surface area contributed by atoms with E-state index in [4.69, 9.17) is 4.74 Å². The number of aldehydes is 1. The van der Waals surface area contributed by atoms with Gasteiger partial charge in [-0.2, -0.15) is 0 Å². The number of aryl methyl sites for hydroxylation is 1. The van der Waals surface area contributed by atoms with Crippen molar-refractivity contribution in [3.05, 3.63) is 58.9 Å². The molecule has 1 aromatic rings. The van der Waals surface area contributed by atoms with E-state index in [-0.39, 0.29) is 39.1 Å². The van der Waals surface area contributed by atoms with Gasteiger partial charge in [0.1, 0.15) is 12.4 Å². The lowest BCUT2D eigenvalue weighted by atomic mass is 9.34. The minimum absolute atomic E-state index is 0.00593. The number of carbonyl (C=O) groups excluding carboxylic acids is 2. The highest BCUT2D eigenvalue weighted by atomic mass is 16.5. The van der Waals surface area contributed by atoms with Crippen molar-refractivity contribution < 1.29 is 14.3 Å². The fraction of sp³-hybridized carbons (Fsp3) is 0.745. The SMILES string of the molecule is C=C(CC(C)(C)C=O)OC1CCC2(C)C(CCC3(C)C4CCC5(CCN(C)Cc6ccc(C)cc6)CC(=O)C(C(C)C)=C5C4(C)CCC32)C1(C)C. The van der Waals surface area contributed by atoms with Crippen LogP contribution in [0.15, 0.2) is 47.7 Å². The number of fused-ring (bicyclic) bond motifs is 7. The Kier molecular flexibility index (Phi) is 10.0. The van der Waals surface area contributed by atoms with Crippen LogP contribution in [0, 0.1) is 63.1 Å². The normalized spacial score (nSPS) is 37.5. The molecule has 8 unspecified atom stereocenters. The van der Waals surface area contributed by atoms with Crippen LogP contribution in [0.25, 0.3) is 0 Å². The molecule has 4 nitrogen and oxygen atoms in total. The predicted octanol–water partition coefficient (Wildman–Crippen LogP) is 11.3. The zero-order chi connectivity index (χ0) is 37.4. The summed E-state index contributed by atoms with van der Waals surface area (Å²) >= 11 is 0. The van der Waals surface area contributed by atoms with Crippen molar-refractivity contribution in [2.45, 2.75) is 153 Å². The lowest BCUT2D eigenvalue weighted by Gasteiger charge is -2.71. The molecular weight excluding hydrogens is 627 g/mol. The molecule has 1 aromatic carbocycles. The second-order valence-corrected chi connectivity index (χ2v) is 20.8. The predicted molar refractivity (Wildman–Crippen MR) is 210 cm³/mol. The molecule has 4 fully saturated rings. The number of hydrogen-bond donors (Lipinski definition) is 0. The highest BCUT2D eigenvalue weighted by molar-refractivity contribution is 6.00. The van der Waals surface area contributed by atoms with Gasteiger partial charge in [-0.3, -0.25) is 4.79 Å². The van der Waals surface area contributed by atoms with Gasteiger partial charge in [-0.25, -0.2) is 0 Å². The third-order valence-corrected chi connectivity index (χ3v) is 16.0. The summed E-state index contributed by atoms with van der Waals surface area (Å²) in [5.41, 5.74) is 5.67. The summed E-state index contributed by atoms with van der Waals surface area (Å²) in [6.07, 6.45) is 13.1. The zero-order valence-electron chi connectivity index (χ0n) is 34.3. The first kappa shape index (κ1) is 38.5. The molecule has 0 heterocycles. The van der Waals surface area contributed by atoms with E-state index in [9.17, 15) is 9.59 Å². The smallest absolute Gasteiger partial charge is 0.159 e. The Morgan fingerprint density at radius 1 is 0.941 bits per heavy atom. The molecule has 0 spiro atoms. The van der Waals surface area contributed by atoms with Crippen LogP contribution in [0.4, 0.5) is 0 Å². The van der Waals surface area contributed by atoms with Crippen LogP contribution in [-0.4, -0.2) is 36.7 Å². The van der Waals surface area contributed by atoms with Crippen LogP contribution < -0.4 is 0 Å². The van der Waals surface area contributed by atoms with Crippen molar-refractivity contribution in [3.63, 3.8) is 0 Å². The highest BCUT2D eigenvalue weighted by Crippen LogP contribution is 2.76. The fourth-order valence-corrected chi connectivity index (χ4v) is 13.8. The molecule has 0 radical (unpaired) electrons. The molecule has 0 bridgehead atoms. The van der Waals surface area contributed by atoms with Gasteiger partial charge in [-0.1, -0.05) is 104 Å². The third-order valence-electron chi connectivity index (χ3n) is 16.0. The summed E-state index contributed by atoms with van der Waals surface area (Å²) in [6, 6.07) is 8.96. The molecule has 4 heteroatoms. The van der Waals surface area contributed by atoms with Crippen molar-refractivity contribution in [2.75, 3.05) is 13.6 Å². The van der Waals surface area contributed by atoms with Gasteiger partial charge < -0.3 is 14.4 Å². The average Bonchev–Trinajstić information content (AvgIpc) is 3.35. The van der Waals surface area contributed by atoms with Gasteiger partial charge in [0.2, 0.25) is 0 Å². The average molecular weight is 698 g/mol. The molecule has 4 saturated carbocycles. The largest absolute Gasteiger partial charge is 0.495 e. The second kappa shape index (κ2) is 13.3. The van der Waals surface area contributed by atoms with Gasteiger partial charge >= 0.3 is 0 Å². The van der Waals surface area contributed by atoms with E-state index < -0.39 is 5.41 Å². The molecule has 51 heavy (non-hydrogen) atoms. The maximum Gasteiger partial charge on any atom is 0.159 e. The first-order valence-electron chi connectivity index (χ1n) is 20.6. The first-order valence-corrected chi connectivity index (χ1v) is 20.6. The van der Waals surface area contributed by atoms with E-state index in [0.717, 1.165) is 50.8 Å². The molecule has 0 N–H and O–H groups in total. The molecule has 0 aliphatic heterocycles. The molecule has 6 rings (SSSR count). The van der Waals surface area contributed by atoms with Crippen LogP contribution in [0.2, 0.25) is 0 Å². The van der Waals surface area contributed by atoms with E-state index in [1.165, 1.54) is 55.2 Å². The number of nitrogens with zero attached hydrogens (tertiary/aromatic N) is 1. The van der Waals surface area contributed by atoms with Crippen LogP contribution in [0.5, 0.6) is 0 Å². The molecule has 8 atom stereocenters. The van der Waals surface area contributed by atoms with Crippen molar-refractivity contribution in [2.24, 2.45) is 56.2 Å². The van der Waals surface area contributed by atoms with E-state index in [1.54, 1.807) is 5.57 Å². The number of hydrogen-bond acceptors (Lipinski definition) is 4. The topological polar surface area (TPSA) is 46.6 Å². The standard InChI is InChI=1S/C47H71NO3/c1-31(2)40-35(50)28-47(25-26-48(12)29-34-15-13-32(3)14-16-34)24-19-38-45(10)21-17-36-43(7,8)39(51-33(4)27-42(5,6)30-49)20-23-44(36,9)37(45)18-22-46(38,11)41(40)47/h13-16,30-31,36-39H,4,17-29H2,1-3,5-12H3.